The Morgan fingerprint density at radius 2 is 1.83 bits per heavy atom. The maximum absolute atomic E-state index is 13.4. The molecule has 0 spiro atoms. The molecule has 0 bridgehead atoms. The van der Waals surface area contributed by atoms with E-state index in [9.17, 15) is 22.4 Å². The topological polar surface area (TPSA) is 93.9 Å². The molecule has 9 heteroatoms. The van der Waals surface area contributed by atoms with E-state index < -0.39 is 27.7 Å². The summed E-state index contributed by atoms with van der Waals surface area (Å²) < 4.78 is 51.2. The summed E-state index contributed by atoms with van der Waals surface area (Å²) in [6.45, 7) is 5.95. The maximum atomic E-state index is 13.4. The number of furan rings is 1. The zero-order valence-corrected chi connectivity index (χ0v) is 17.7. The lowest BCUT2D eigenvalue weighted by molar-refractivity contribution is -0.115. The van der Waals surface area contributed by atoms with Crippen LogP contribution in [0.5, 0.6) is 0 Å². The van der Waals surface area contributed by atoms with Gasteiger partial charge in [0.2, 0.25) is 5.91 Å². The Hall–Kier alpha value is -3.20. The monoisotopic (exact) mass is 433 g/mol. The van der Waals surface area contributed by atoms with E-state index in [0.717, 1.165) is 25.1 Å². The Kier molecular flexibility index (Phi) is 5.67. The molecule has 1 heterocycles. The highest BCUT2D eigenvalue weighted by Crippen LogP contribution is 2.33. The first-order valence-electron chi connectivity index (χ1n) is 9.10. The van der Waals surface area contributed by atoms with Crippen molar-refractivity contribution in [3.63, 3.8) is 0 Å². The second kappa shape index (κ2) is 7.91. The largest absolute Gasteiger partial charge is 0.462 e. The molecule has 0 aliphatic heterocycles. The van der Waals surface area contributed by atoms with Crippen LogP contribution in [0.1, 0.15) is 35.5 Å². The van der Waals surface area contributed by atoms with E-state index >= 15 is 0 Å². The van der Waals surface area contributed by atoms with Crippen molar-refractivity contribution in [2.45, 2.75) is 32.6 Å². The Morgan fingerprint density at radius 1 is 1.13 bits per heavy atom. The summed E-state index contributed by atoms with van der Waals surface area (Å²) in [6, 6.07) is 7.46. The van der Waals surface area contributed by atoms with Gasteiger partial charge in [-0.3, -0.25) is 4.79 Å². The number of ether oxygens (including phenoxy) is 1. The molecule has 1 aromatic heterocycles. The smallest absolute Gasteiger partial charge is 0.342 e. The fraction of sp³-hybridized carbons (Fsp3) is 0.238. The van der Waals surface area contributed by atoms with E-state index in [4.69, 9.17) is 9.15 Å². The van der Waals surface area contributed by atoms with Crippen LogP contribution in [0.25, 0.3) is 11.0 Å². The van der Waals surface area contributed by atoms with E-state index in [0.29, 0.717) is 21.0 Å². The van der Waals surface area contributed by atoms with Gasteiger partial charge in [0.05, 0.1) is 17.2 Å². The number of rotatable bonds is 5. The van der Waals surface area contributed by atoms with Gasteiger partial charge < -0.3 is 9.15 Å². The second-order valence-electron chi connectivity index (χ2n) is 6.63. The fourth-order valence-corrected chi connectivity index (χ4v) is 4.91. The van der Waals surface area contributed by atoms with Gasteiger partial charge in [-0.2, -0.15) is 0 Å². The number of carbonyl (C=O) groups excluding carboxylic acids is 2. The Balaban J connectivity index is 2.20. The quantitative estimate of drug-likeness (QED) is 0.562. The number of benzene rings is 2. The summed E-state index contributed by atoms with van der Waals surface area (Å²) in [5.41, 5.74) is 0.685. The highest BCUT2D eigenvalue weighted by Gasteiger charge is 2.31. The molecule has 0 aliphatic carbocycles. The third-order valence-electron chi connectivity index (χ3n) is 4.50. The molecular weight excluding hydrogens is 413 g/mol. The molecule has 0 aliphatic rings. The van der Waals surface area contributed by atoms with Crippen LogP contribution in [-0.2, 0) is 19.6 Å². The number of aryl methyl sites for hydroxylation is 2. The molecule has 2 aromatic carbocycles. The van der Waals surface area contributed by atoms with Crippen LogP contribution in [0, 0.1) is 19.7 Å². The number of fused-ring (bicyclic) bond motifs is 1. The zero-order chi connectivity index (χ0) is 22.2. The molecule has 0 atom stereocenters. The van der Waals surface area contributed by atoms with Crippen LogP contribution >= 0.6 is 0 Å². The van der Waals surface area contributed by atoms with Gasteiger partial charge in [-0.1, -0.05) is 0 Å². The predicted molar refractivity (Wildman–Crippen MR) is 108 cm³/mol. The second-order valence-corrected chi connectivity index (χ2v) is 8.39. The van der Waals surface area contributed by atoms with Crippen molar-refractivity contribution >= 4 is 38.6 Å². The lowest BCUT2D eigenvalue weighted by Gasteiger charge is -2.22. The van der Waals surface area contributed by atoms with Crippen molar-refractivity contribution in [2.24, 2.45) is 0 Å². The van der Waals surface area contributed by atoms with Crippen LogP contribution < -0.4 is 4.31 Å². The van der Waals surface area contributed by atoms with Gasteiger partial charge in [0.15, 0.2) is 0 Å². The van der Waals surface area contributed by atoms with E-state index in [2.05, 4.69) is 0 Å². The number of halogens is 1. The first-order valence-corrected chi connectivity index (χ1v) is 10.5. The molecule has 3 rings (SSSR count). The third kappa shape index (κ3) is 3.68. The van der Waals surface area contributed by atoms with E-state index in [1.165, 1.54) is 25.1 Å². The summed E-state index contributed by atoms with van der Waals surface area (Å²) in [4.78, 5) is 24.5. The van der Waals surface area contributed by atoms with Crippen molar-refractivity contribution in [2.75, 3.05) is 10.9 Å². The molecule has 0 saturated heterocycles. The van der Waals surface area contributed by atoms with Crippen molar-refractivity contribution in [1.82, 2.24) is 0 Å². The van der Waals surface area contributed by atoms with Crippen LogP contribution in [0.3, 0.4) is 0 Å². The molecule has 0 N–H and O–H groups in total. The third-order valence-corrected chi connectivity index (χ3v) is 6.47. The van der Waals surface area contributed by atoms with Crippen LogP contribution in [0.15, 0.2) is 45.7 Å². The van der Waals surface area contributed by atoms with Gasteiger partial charge in [0.1, 0.15) is 22.7 Å². The summed E-state index contributed by atoms with van der Waals surface area (Å²) in [6.07, 6.45) is 0. The molecular formula is C21H20FNO6S. The fourth-order valence-electron chi connectivity index (χ4n) is 3.28. The van der Waals surface area contributed by atoms with Crippen molar-refractivity contribution in [1.29, 1.82) is 0 Å². The Bertz CT molecular complexity index is 1260. The summed E-state index contributed by atoms with van der Waals surface area (Å²) >= 11 is 0. The van der Waals surface area contributed by atoms with Gasteiger partial charge in [-0.25, -0.2) is 21.9 Å². The minimum absolute atomic E-state index is 0.0186. The molecule has 0 radical (unpaired) electrons. The molecule has 7 nitrogen and oxygen atoms in total. The van der Waals surface area contributed by atoms with E-state index in [-0.39, 0.29) is 28.3 Å². The van der Waals surface area contributed by atoms with Crippen LogP contribution in [0.4, 0.5) is 10.1 Å². The molecule has 158 valence electrons. The molecule has 0 fully saturated rings. The van der Waals surface area contributed by atoms with Gasteiger partial charge in [-0.15, -0.1) is 0 Å². The number of amides is 1. The first-order chi connectivity index (χ1) is 14.1. The number of anilines is 1. The lowest BCUT2D eigenvalue weighted by Crippen LogP contribution is -2.35. The maximum Gasteiger partial charge on any atom is 0.342 e. The number of carbonyl (C=O) groups is 2. The number of esters is 1. The van der Waals surface area contributed by atoms with Gasteiger partial charge in [-0.05, 0) is 62.7 Å². The molecule has 1 amide bonds. The lowest BCUT2D eigenvalue weighted by atomic mass is 10.1. The van der Waals surface area contributed by atoms with E-state index in [1.54, 1.807) is 13.8 Å². The minimum atomic E-state index is -4.34. The normalized spacial score (nSPS) is 11.5. The van der Waals surface area contributed by atoms with Crippen LogP contribution in [-0.4, -0.2) is 26.9 Å². The van der Waals surface area contributed by atoms with Crippen molar-refractivity contribution in [3.05, 3.63) is 59.1 Å². The van der Waals surface area contributed by atoms with Gasteiger partial charge in [0, 0.05) is 12.3 Å². The van der Waals surface area contributed by atoms with Gasteiger partial charge >= 0.3 is 5.97 Å². The van der Waals surface area contributed by atoms with E-state index in [1.807, 2.05) is 0 Å². The molecule has 0 unspecified atom stereocenters. The molecule has 3 aromatic rings. The SMILES string of the molecule is CCOC(=O)c1c(C)oc2ccc(N(C(C)=O)S(=O)(=O)c3ccc(F)cc3C)cc12. The standard InChI is InChI=1S/C21H20FNO6S/c1-5-28-21(25)20-13(3)29-18-8-7-16(11-17(18)20)23(14(4)24)30(26,27)19-9-6-15(22)10-12(19)2/h6-11H,5H2,1-4H3. The summed E-state index contributed by atoms with van der Waals surface area (Å²) in [7, 11) is -4.34. The van der Waals surface area contributed by atoms with Crippen molar-refractivity contribution in [3.8, 4) is 0 Å². The number of hydrogen-bond acceptors (Lipinski definition) is 6. The van der Waals surface area contributed by atoms with Crippen molar-refractivity contribution < 1.29 is 31.6 Å². The number of nitrogens with zero attached hydrogens (tertiary/aromatic N) is 1. The molecule has 0 saturated carbocycles. The zero-order valence-electron chi connectivity index (χ0n) is 16.9. The highest BCUT2D eigenvalue weighted by atomic mass is 32.2. The number of sulfonamides is 1. The van der Waals surface area contributed by atoms with Gasteiger partial charge in [0.25, 0.3) is 10.0 Å². The average molecular weight is 433 g/mol. The Labute approximate surface area is 173 Å². The molecule has 30 heavy (non-hydrogen) atoms. The summed E-state index contributed by atoms with van der Waals surface area (Å²) in [5, 5.41) is 0.320. The highest BCUT2D eigenvalue weighted by molar-refractivity contribution is 7.93. The number of hydrogen-bond donors (Lipinski definition) is 0. The summed E-state index contributed by atoms with van der Waals surface area (Å²) in [5.74, 6) is -1.66. The Morgan fingerprint density at radius 3 is 2.43 bits per heavy atom. The van der Waals surface area contributed by atoms with Crippen LogP contribution in [0.2, 0.25) is 0 Å². The minimum Gasteiger partial charge on any atom is -0.462 e. The first kappa shape index (κ1) is 21.5. The average Bonchev–Trinajstić information content (AvgIpc) is 2.96. The predicted octanol–water partition coefficient (Wildman–Crippen LogP) is 4.11.